The molecule has 0 N–H and O–H groups in total. The maximum absolute atomic E-state index is 13.8. The Labute approximate surface area is 118 Å². The van der Waals surface area contributed by atoms with Crippen LogP contribution < -0.4 is 0 Å². The van der Waals surface area contributed by atoms with Crippen LogP contribution in [-0.4, -0.2) is 23.9 Å². The molecule has 1 aromatic carbocycles. The SMILES string of the molecule is C=Cc1cc(F)c(CC(=O)N2CCC(C)CC2)cc1F. The number of halogens is 2. The van der Waals surface area contributed by atoms with Crippen molar-refractivity contribution in [1.29, 1.82) is 0 Å². The van der Waals surface area contributed by atoms with E-state index in [1.54, 1.807) is 4.90 Å². The standard InChI is InChI=1S/C16H19F2NO/c1-3-12-8-15(18)13(9-14(12)17)10-16(20)19-6-4-11(2)5-7-19/h3,8-9,11H,1,4-7,10H2,2H3. The van der Waals surface area contributed by atoms with Crippen molar-refractivity contribution in [2.75, 3.05) is 13.1 Å². The predicted octanol–water partition coefficient (Wildman–Crippen LogP) is 3.41. The highest BCUT2D eigenvalue weighted by Crippen LogP contribution is 2.20. The summed E-state index contributed by atoms with van der Waals surface area (Å²) in [5.74, 6) is -0.613. The second-order valence-electron chi connectivity index (χ2n) is 5.41. The monoisotopic (exact) mass is 279 g/mol. The lowest BCUT2D eigenvalue weighted by Gasteiger charge is -2.30. The molecule has 20 heavy (non-hydrogen) atoms. The number of carbonyl (C=O) groups is 1. The van der Waals surface area contributed by atoms with Gasteiger partial charge in [0.1, 0.15) is 11.6 Å². The number of nitrogens with zero attached hydrogens (tertiary/aromatic N) is 1. The Morgan fingerprint density at radius 1 is 1.35 bits per heavy atom. The lowest BCUT2D eigenvalue weighted by atomic mass is 9.98. The van der Waals surface area contributed by atoms with E-state index < -0.39 is 11.6 Å². The Morgan fingerprint density at radius 2 is 2.00 bits per heavy atom. The van der Waals surface area contributed by atoms with Crippen molar-refractivity contribution in [2.24, 2.45) is 5.92 Å². The summed E-state index contributed by atoms with van der Waals surface area (Å²) in [4.78, 5) is 13.8. The molecule has 2 rings (SSSR count). The van der Waals surface area contributed by atoms with Crippen molar-refractivity contribution in [2.45, 2.75) is 26.2 Å². The van der Waals surface area contributed by atoms with Crippen LogP contribution in [0.1, 0.15) is 30.9 Å². The van der Waals surface area contributed by atoms with Crippen LogP contribution in [0.4, 0.5) is 8.78 Å². The van der Waals surface area contributed by atoms with E-state index in [0.717, 1.165) is 25.0 Å². The second kappa shape index (κ2) is 6.16. The highest BCUT2D eigenvalue weighted by Gasteiger charge is 2.21. The van der Waals surface area contributed by atoms with Gasteiger partial charge in [-0.25, -0.2) is 8.78 Å². The van der Waals surface area contributed by atoms with Gasteiger partial charge < -0.3 is 4.90 Å². The minimum Gasteiger partial charge on any atom is -0.342 e. The number of benzene rings is 1. The number of rotatable bonds is 3. The zero-order valence-corrected chi connectivity index (χ0v) is 11.7. The molecule has 108 valence electrons. The third-order valence-corrected chi connectivity index (χ3v) is 3.86. The molecule has 0 radical (unpaired) electrons. The minimum atomic E-state index is -0.556. The number of piperidine rings is 1. The number of likely N-dealkylation sites (tertiary alicyclic amines) is 1. The van der Waals surface area contributed by atoms with E-state index in [9.17, 15) is 13.6 Å². The van der Waals surface area contributed by atoms with E-state index in [-0.39, 0.29) is 23.5 Å². The quantitative estimate of drug-likeness (QED) is 0.830. The molecule has 2 nitrogen and oxygen atoms in total. The van der Waals surface area contributed by atoms with Crippen LogP contribution in [0.15, 0.2) is 18.7 Å². The molecule has 0 bridgehead atoms. The molecule has 4 heteroatoms. The van der Waals surface area contributed by atoms with E-state index in [2.05, 4.69) is 13.5 Å². The molecule has 1 saturated heterocycles. The molecule has 0 unspecified atom stereocenters. The van der Waals surface area contributed by atoms with Crippen molar-refractivity contribution in [3.8, 4) is 0 Å². The van der Waals surface area contributed by atoms with E-state index >= 15 is 0 Å². The first-order valence-corrected chi connectivity index (χ1v) is 6.89. The lowest BCUT2D eigenvalue weighted by Crippen LogP contribution is -2.38. The zero-order chi connectivity index (χ0) is 14.7. The molecule has 1 heterocycles. The third kappa shape index (κ3) is 3.24. The van der Waals surface area contributed by atoms with E-state index in [0.29, 0.717) is 19.0 Å². The molecule has 0 saturated carbocycles. The Balaban J connectivity index is 2.08. The van der Waals surface area contributed by atoms with Gasteiger partial charge >= 0.3 is 0 Å². The fourth-order valence-corrected chi connectivity index (χ4v) is 2.43. The normalized spacial score (nSPS) is 16.2. The minimum absolute atomic E-state index is 0.0887. The topological polar surface area (TPSA) is 20.3 Å². The summed E-state index contributed by atoms with van der Waals surface area (Å²) >= 11 is 0. The Morgan fingerprint density at radius 3 is 2.60 bits per heavy atom. The highest BCUT2D eigenvalue weighted by atomic mass is 19.1. The first-order chi connectivity index (χ1) is 9.51. The summed E-state index contributed by atoms with van der Waals surface area (Å²) in [5, 5.41) is 0. The summed E-state index contributed by atoms with van der Waals surface area (Å²) in [6, 6.07) is 2.18. The van der Waals surface area contributed by atoms with Crippen LogP contribution in [0.2, 0.25) is 0 Å². The average molecular weight is 279 g/mol. The molecule has 0 aliphatic carbocycles. The maximum atomic E-state index is 13.8. The lowest BCUT2D eigenvalue weighted by molar-refractivity contribution is -0.131. The summed E-state index contributed by atoms with van der Waals surface area (Å²) < 4.78 is 27.4. The van der Waals surface area contributed by atoms with Gasteiger partial charge in [-0.15, -0.1) is 0 Å². The van der Waals surface area contributed by atoms with Crippen LogP contribution in [0.5, 0.6) is 0 Å². The first kappa shape index (κ1) is 14.7. The maximum Gasteiger partial charge on any atom is 0.227 e. The van der Waals surface area contributed by atoms with E-state index in [4.69, 9.17) is 0 Å². The Hall–Kier alpha value is -1.71. The number of carbonyl (C=O) groups excluding carboxylic acids is 1. The molecule has 0 aromatic heterocycles. The van der Waals surface area contributed by atoms with Gasteiger partial charge in [-0.1, -0.05) is 19.6 Å². The summed E-state index contributed by atoms with van der Waals surface area (Å²) in [6.07, 6.45) is 3.11. The highest BCUT2D eigenvalue weighted by molar-refractivity contribution is 5.79. The zero-order valence-electron chi connectivity index (χ0n) is 11.7. The van der Waals surface area contributed by atoms with Gasteiger partial charge in [-0.3, -0.25) is 4.79 Å². The molecule has 1 fully saturated rings. The predicted molar refractivity (Wildman–Crippen MR) is 75.1 cm³/mol. The van der Waals surface area contributed by atoms with Crippen LogP contribution in [0.3, 0.4) is 0 Å². The number of hydrogen-bond acceptors (Lipinski definition) is 1. The average Bonchev–Trinajstić information content (AvgIpc) is 2.43. The fraction of sp³-hybridized carbons (Fsp3) is 0.438. The molecule has 1 aliphatic rings. The Bertz CT molecular complexity index is 519. The molecule has 1 aromatic rings. The summed E-state index contributed by atoms with van der Waals surface area (Å²) in [5.41, 5.74) is 0.224. The smallest absolute Gasteiger partial charge is 0.227 e. The first-order valence-electron chi connectivity index (χ1n) is 6.89. The van der Waals surface area contributed by atoms with Gasteiger partial charge in [-0.2, -0.15) is 0 Å². The van der Waals surface area contributed by atoms with Gasteiger partial charge in [0.25, 0.3) is 0 Å². The van der Waals surface area contributed by atoms with Crippen molar-refractivity contribution in [3.63, 3.8) is 0 Å². The van der Waals surface area contributed by atoms with Crippen molar-refractivity contribution >= 4 is 12.0 Å². The second-order valence-corrected chi connectivity index (χ2v) is 5.41. The van der Waals surface area contributed by atoms with Gasteiger partial charge in [-0.05, 0) is 30.9 Å². The van der Waals surface area contributed by atoms with Crippen LogP contribution >= 0.6 is 0 Å². The molecule has 0 spiro atoms. The van der Waals surface area contributed by atoms with Gasteiger partial charge in [0, 0.05) is 24.2 Å². The van der Waals surface area contributed by atoms with Crippen molar-refractivity contribution in [3.05, 3.63) is 41.5 Å². The molecular weight excluding hydrogens is 260 g/mol. The van der Waals surface area contributed by atoms with Gasteiger partial charge in [0.15, 0.2) is 0 Å². The summed E-state index contributed by atoms with van der Waals surface area (Å²) in [6.45, 7) is 6.99. The molecule has 1 aliphatic heterocycles. The third-order valence-electron chi connectivity index (χ3n) is 3.86. The largest absolute Gasteiger partial charge is 0.342 e. The Kier molecular flexibility index (Phi) is 4.53. The van der Waals surface area contributed by atoms with Gasteiger partial charge in [0.05, 0.1) is 6.42 Å². The molecular formula is C16H19F2NO. The molecule has 0 atom stereocenters. The van der Waals surface area contributed by atoms with Gasteiger partial charge in [0.2, 0.25) is 5.91 Å². The van der Waals surface area contributed by atoms with E-state index in [1.807, 2.05) is 0 Å². The van der Waals surface area contributed by atoms with Crippen LogP contribution in [0.25, 0.3) is 6.08 Å². The number of amides is 1. The molecule has 1 amide bonds. The van der Waals surface area contributed by atoms with E-state index in [1.165, 1.54) is 6.08 Å². The summed E-state index contributed by atoms with van der Waals surface area (Å²) in [7, 11) is 0. The van der Waals surface area contributed by atoms with Crippen molar-refractivity contribution in [1.82, 2.24) is 4.90 Å². The van der Waals surface area contributed by atoms with Crippen LogP contribution in [-0.2, 0) is 11.2 Å². The number of hydrogen-bond donors (Lipinski definition) is 0. The van der Waals surface area contributed by atoms with Crippen LogP contribution in [0, 0.1) is 17.6 Å². The fourth-order valence-electron chi connectivity index (χ4n) is 2.43. The van der Waals surface area contributed by atoms with Crippen molar-refractivity contribution < 1.29 is 13.6 Å².